The summed E-state index contributed by atoms with van der Waals surface area (Å²) in [5.41, 5.74) is 1.14. The van der Waals surface area contributed by atoms with Gasteiger partial charge in [0.15, 0.2) is 0 Å². The second-order valence-electron chi connectivity index (χ2n) is 4.70. The van der Waals surface area contributed by atoms with Crippen molar-refractivity contribution in [3.63, 3.8) is 0 Å². The van der Waals surface area contributed by atoms with E-state index in [1.165, 1.54) is 0 Å². The maximum absolute atomic E-state index is 12.3. The third-order valence-electron chi connectivity index (χ3n) is 3.47. The highest BCUT2D eigenvalue weighted by atomic mass is 16.2. The molecule has 1 atom stereocenters. The number of rotatable bonds is 4. The molecule has 1 fully saturated rings. The van der Waals surface area contributed by atoms with Gasteiger partial charge < -0.3 is 15.1 Å². The van der Waals surface area contributed by atoms with Gasteiger partial charge >= 0.3 is 0 Å². The van der Waals surface area contributed by atoms with E-state index in [4.69, 9.17) is 0 Å². The molecule has 4 nitrogen and oxygen atoms in total. The summed E-state index contributed by atoms with van der Waals surface area (Å²) in [6, 6.07) is 10.2. The van der Waals surface area contributed by atoms with Crippen LogP contribution in [0.2, 0.25) is 0 Å². The highest BCUT2D eigenvalue weighted by molar-refractivity contribution is 5.86. The predicted octanol–water partition coefficient (Wildman–Crippen LogP) is 0.943. The molecule has 1 N–H and O–H groups in total. The molecule has 0 saturated carbocycles. The van der Waals surface area contributed by atoms with Gasteiger partial charge in [0.1, 0.15) is 6.04 Å². The Labute approximate surface area is 109 Å². The van der Waals surface area contributed by atoms with E-state index in [0.29, 0.717) is 0 Å². The lowest BCUT2D eigenvalue weighted by molar-refractivity contribution is -0.133. The Balaban J connectivity index is 2.18. The summed E-state index contributed by atoms with van der Waals surface area (Å²) >= 11 is 0. The molecule has 1 aromatic carbocycles. The molecule has 1 aromatic rings. The van der Waals surface area contributed by atoms with Crippen molar-refractivity contribution >= 4 is 11.6 Å². The van der Waals surface area contributed by atoms with Gasteiger partial charge in [-0.3, -0.25) is 4.79 Å². The number of para-hydroxylation sites is 1. The topological polar surface area (TPSA) is 35.6 Å². The normalized spacial score (nSPS) is 20.3. The Morgan fingerprint density at radius 2 is 2.00 bits per heavy atom. The smallest absolute Gasteiger partial charge is 0.245 e. The third-order valence-corrected chi connectivity index (χ3v) is 3.47. The van der Waals surface area contributed by atoms with Gasteiger partial charge in [0.2, 0.25) is 5.91 Å². The average Bonchev–Trinajstić information content (AvgIpc) is 2.41. The van der Waals surface area contributed by atoms with Crippen LogP contribution in [0.15, 0.2) is 30.3 Å². The van der Waals surface area contributed by atoms with Crippen molar-refractivity contribution < 1.29 is 4.79 Å². The van der Waals surface area contributed by atoms with E-state index in [0.717, 1.165) is 31.7 Å². The van der Waals surface area contributed by atoms with E-state index in [1.807, 2.05) is 37.2 Å². The van der Waals surface area contributed by atoms with Crippen molar-refractivity contribution in [2.75, 3.05) is 38.6 Å². The summed E-state index contributed by atoms with van der Waals surface area (Å²) < 4.78 is 0. The minimum Gasteiger partial charge on any atom is -0.358 e. The number of benzene rings is 1. The van der Waals surface area contributed by atoms with Gasteiger partial charge in [-0.25, -0.2) is 0 Å². The molecule has 0 radical (unpaired) electrons. The van der Waals surface area contributed by atoms with E-state index >= 15 is 0 Å². The number of likely N-dealkylation sites (N-methyl/N-ethyl adjacent to an activating group) is 1. The molecule has 0 bridgehead atoms. The van der Waals surface area contributed by atoms with Crippen LogP contribution in [0.1, 0.15) is 6.42 Å². The largest absolute Gasteiger partial charge is 0.358 e. The van der Waals surface area contributed by atoms with E-state index in [9.17, 15) is 4.79 Å². The molecular weight excluding hydrogens is 226 g/mol. The monoisotopic (exact) mass is 247 g/mol. The maximum Gasteiger partial charge on any atom is 0.245 e. The number of amides is 1. The van der Waals surface area contributed by atoms with Crippen molar-refractivity contribution in [1.82, 2.24) is 10.2 Å². The molecule has 18 heavy (non-hydrogen) atoms. The standard InChI is InChI=1S/C14H21N3O/c1-15-9-8-13-14(18)16(2)10-11-17(13)12-6-4-3-5-7-12/h3-7,13,15H,8-11H2,1-2H3. The van der Waals surface area contributed by atoms with Crippen molar-refractivity contribution in [1.29, 1.82) is 0 Å². The first-order valence-corrected chi connectivity index (χ1v) is 6.45. The van der Waals surface area contributed by atoms with Crippen LogP contribution in [0, 0.1) is 0 Å². The van der Waals surface area contributed by atoms with Crippen LogP contribution in [-0.4, -0.2) is 50.6 Å². The quantitative estimate of drug-likeness (QED) is 0.860. The molecule has 1 heterocycles. The molecule has 1 amide bonds. The first-order valence-electron chi connectivity index (χ1n) is 6.45. The highest BCUT2D eigenvalue weighted by Gasteiger charge is 2.32. The second-order valence-corrected chi connectivity index (χ2v) is 4.70. The lowest BCUT2D eigenvalue weighted by Crippen LogP contribution is -2.56. The van der Waals surface area contributed by atoms with Crippen LogP contribution in [0.5, 0.6) is 0 Å². The molecule has 4 heteroatoms. The van der Waals surface area contributed by atoms with Crippen LogP contribution in [0.3, 0.4) is 0 Å². The number of piperazine rings is 1. The number of carbonyl (C=O) groups excluding carboxylic acids is 1. The van der Waals surface area contributed by atoms with Crippen molar-refractivity contribution in [2.24, 2.45) is 0 Å². The summed E-state index contributed by atoms with van der Waals surface area (Å²) in [6.45, 7) is 2.55. The number of nitrogens with zero attached hydrogens (tertiary/aromatic N) is 2. The molecule has 0 aromatic heterocycles. The van der Waals surface area contributed by atoms with Gasteiger partial charge in [-0.2, -0.15) is 0 Å². The lowest BCUT2D eigenvalue weighted by Gasteiger charge is -2.40. The number of hydrogen-bond donors (Lipinski definition) is 1. The third kappa shape index (κ3) is 2.64. The summed E-state index contributed by atoms with van der Waals surface area (Å²) in [7, 11) is 3.81. The van der Waals surface area contributed by atoms with Crippen molar-refractivity contribution in [3.8, 4) is 0 Å². The molecule has 1 unspecified atom stereocenters. The summed E-state index contributed by atoms with van der Waals surface area (Å²) in [4.78, 5) is 16.3. The van der Waals surface area contributed by atoms with Crippen LogP contribution >= 0.6 is 0 Å². The molecule has 1 aliphatic rings. The van der Waals surface area contributed by atoms with Crippen molar-refractivity contribution in [3.05, 3.63) is 30.3 Å². The zero-order valence-electron chi connectivity index (χ0n) is 11.1. The fourth-order valence-electron chi connectivity index (χ4n) is 2.40. The van der Waals surface area contributed by atoms with Gasteiger partial charge in [0.25, 0.3) is 0 Å². The van der Waals surface area contributed by atoms with E-state index in [1.54, 1.807) is 0 Å². The summed E-state index contributed by atoms with van der Waals surface area (Å²) in [6.07, 6.45) is 0.842. The minimum atomic E-state index is -0.0430. The molecule has 98 valence electrons. The van der Waals surface area contributed by atoms with E-state index in [-0.39, 0.29) is 11.9 Å². The number of nitrogens with one attached hydrogen (secondary N) is 1. The van der Waals surface area contributed by atoms with Gasteiger partial charge in [0, 0.05) is 25.8 Å². The first-order chi connectivity index (χ1) is 8.74. The Morgan fingerprint density at radius 3 is 2.67 bits per heavy atom. The van der Waals surface area contributed by atoms with Crippen LogP contribution < -0.4 is 10.2 Å². The van der Waals surface area contributed by atoms with Gasteiger partial charge in [0.05, 0.1) is 0 Å². The maximum atomic E-state index is 12.3. The lowest BCUT2D eigenvalue weighted by atomic mass is 10.1. The highest BCUT2D eigenvalue weighted by Crippen LogP contribution is 2.22. The Bertz CT molecular complexity index is 393. The fourth-order valence-corrected chi connectivity index (χ4v) is 2.40. The Kier molecular flexibility index (Phi) is 4.20. The Morgan fingerprint density at radius 1 is 1.28 bits per heavy atom. The fraction of sp³-hybridized carbons (Fsp3) is 0.500. The van der Waals surface area contributed by atoms with Crippen LogP contribution in [-0.2, 0) is 4.79 Å². The molecular formula is C14H21N3O. The Hall–Kier alpha value is -1.55. The van der Waals surface area contributed by atoms with Gasteiger partial charge in [-0.15, -0.1) is 0 Å². The van der Waals surface area contributed by atoms with Crippen molar-refractivity contribution in [2.45, 2.75) is 12.5 Å². The predicted molar refractivity (Wildman–Crippen MR) is 73.8 cm³/mol. The first kappa shape index (κ1) is 12.9. The summed E-state index contributed by atoms with van der Waals surface area (Å²) in [5, 5.41) is 3.12. The number of carbonyl (C=O) groups is 1. The SMILES string of the molecule is CNCCC1C(=O)N(C)CCN1c1ccccc1. The van der Waals surface area contributed by atoms with E-state index < -0.39 is 0 Å². The second kappa shape index (κ2) is 5.87. The van der Waals surface area contributed by atoms with Crippen LogP contribution in [0.25, 0.3) is 0 Å². The zero-order valence-corrected chi connectivity index (χ0v) is 11.1. The molecule has 0 spiro atoms. The minimum absolute atomic E-state index is 0.0430. The molecule has 1 saturated heterocycles. The van der Waals surface area contributed by atoms with Gasteiger partial charge in [-0.05, 0) is 32.1 Å². The summed E-state index contributed by atoms with van der Waals surface area (Å²) in [5.74, 6) is 0.223. The number of hydrogen-bond acceptors (Lipinski definition) is 3. The zero-order chi connectivity index (χ0) is 13.0. The molecule has 2 rings (SSSR count). The van der Waals surface area contributed by atoms with Crippen LogP contribution in [0.4, 0.5) is 5.69 Å². The average molecular weight is 247 g/mol. The number of anilines is 1. The molecule has 1 aliphatic heterocycles. The van der Waals surface area contributed by atoms with Gasteiger partial charge in [-0.1, -0.05) is 18.2 Å². The molecule has 0 aliphatic carbocycles. The van der Waals surface area contributed by atoms with E-state index in [2.05, 4.69) is 22.3 Å².